The van der Waals surface area contributed by atoms with Crippen molar-refractivity contribution in [2.45, 2.75) is 50.6 Å². The maximum absolute atomic E-state index is 11.8. The van der Waals surface area contributed by atoms with Gasteiger partial charge in [0, 0.05) is 38.3 Å². The summed E-state index contributed by atoms with van der Waals surface area (Å²) in [7, 11) is 0. The second-order valence-corrected chi connectivity index (χ2v) is 6.55. The maximum atomic E-state index is 11.8. The van der Waals surface area contributed by atoms with Crippen molar-refractivity contribution in [2.24, 2.45) is 5.92 Å². The molecule has 0 radical (unpaired) electrons. The number of carbonyl (C=O) groups is 1. The lowest BCUT2D eigenvalue weighted by atomic mass is 9.93. The van der Waals surface area contributed by atoms with Crippen LogP contribution in [0.15, 0.2) is 0 Å². The quantitative estimate of drug-likeness (QED) is 0.817. The molecule has 2 aliphatic heterocycles. The van der Waals surface area contributed by atoms with Gasteiger partial charge < -0.3 is 20.3 Å². The molecule has 20 heavy (non-hydrogen) atoms. The van der Waals surface area contributed by atoms with Gasteiger partial charge in [0.2, 0.25) is 0 Å². The number of likely N-dealkylation sites (tertiary alicyclic amines) is 1. The Hall–Kier alpha value is -0.810. The molecule has 5 heteroatoms. The third kappa shape index (κ3) is 3.85. The third-order valence-corrected chi connectivity index (χ3v) is 4.90. The lowest BCUT2D eigenvalue weighted by Gasteiger charge is -2.34. The topological polar surface area (TPSA) is 53.6 Å². The van der Waals surface area contributed by atoms with E-state index in [1.54, 1.807) is 0 Å². The molecule has 3 fully saturated rings. The molecular formula is C15H27N3O2. The Bertz CT molecular complexity index is 319. The highest BCUT2D eigenvalue weighted by Gasteiger charge is 2.25. The molecule has 1 saturated carbocycles. The average molecular weight is 281 g/mol. The maximum Gasteiger partial charge on any atom is 0.315 e. The lowest BCUT2D eigenvalue weighted by Crippen LogP contribution is -2.51. The van der Waals surface area contributed by atoms with Crippen LogP contribution < -0.4 is 10.6 Å². The Morgan fingerprint density at radius 3 is 2.30 bits per heavy atom. The first-order valence-corrected chi connectivity index (χ1v) is 8.17. The van der Waals surface area contributed by atoms with Crippen molar-refractivity contribution in [2.75, 3.05) is 32.8 Å². The van der Waals surface area contributed by atoms with Crippen LogP contribution in [-0.4, -0.2) is 55.9 Å². The predicted octanol–water partition coefficient (Wildman–Crippen LogP) is 1.34. The smallest absolute Gasteiger partial charge is 0.315 e. The highest BCUT2D eigenvalue weighted by Crippen LogP contribution is 2.19. The van der Waals surface area contributed by atoms with Crippen LogP contribution in [0.1, 0.15) is 38.5 Å². The molecule has 2 saturated heterocycles. The van der Waals surface area contributed by atoms with E-state index in [4.69, 9.17) is 4.74 Å². The number of hydrogen-bond acceptors (Lipinski definition) is 3. The largest absolute Gasteiger partial charge is 0.381 e. The summed E-state index contributed by atoms with van der Waals surface area (Å²) in [6.45, 7) is 5.24. The van der Waals surface area contributed by atoms with Gasteiger partial charge in [0.1, 0.15) is 0 Å². The number of rotatable bonds is 4. The Kier molecular flexibility index (Phi) is 4.78. The van der Waals surface area contributed by atoms with E-state index in [1.807, 2.05) is 0 Å². The highest BCUT2D eigenvalue weighted by atomic mass is 16.5. The number of carbonyl (C=O) groups excluding carboxylic acids is 1. The number of nitrogens with one attached hydrogen (secondary N) is 2. The van der Waals surface area contributed by atoms with Gasteiger partial charge in [-0.1, -0.05) is 0 Å². The van der Waals surface area contributed by atoms with Gasteiger partial charge >= 0.3 is 6.03 Å². The van der Waals surface area contributed by atoms with Crippen LogP contribution in [0.3, 0.4) is 0 Å². The van der Waals surface area contributed by atoms with Gasteiger partial charge in [-0.25, -0.2) is 4.79 Å². The van der Waals surface area contributed by atoms with Gasteiger partial charge in [-0.2, -0.15) is 0 Å². The van der Waals surface area contributed by atoms with Crippen LogP contribution in [-0.2, 0) is 4.74 Å². The van der Waals surface area contributed by atoms with Gasteiger partial charge in [0.05, 0.1) is 6.61 Å². The number of nitrogens with zero attached hydrogens (tertiary/aromatic N) is 1. The Balaban J connectivity index is 1.32. The lowest BCUT2D eigenvalue weighted by molar-refractivity contribution is 0.147. The highest BCUT2D eigenvalue weighted by molar-refractivity contribution is 5.74. The number of ether oxygens (including phenoxy) is 1. The van der Waals surface area contributed by atoms with E-state index in [2.05, 4.69) is 15.5 Å². The molecule has 2 amide bonds. The first-order chi connectivity index (χ1) is 9.79. The Labute approximate surface area is 121 Å². The molecule has 114 valence electrons. The Morgan fingerprint density at radius 1 is 1.05 bits per heavy atom. The van der Waals surface area contributed by atoms with E-state index in [1.165, 1.54) is 19.4 Å². The van der Waals surface area contributed by atoms with Crippen molar-refractivity contribution in [1.29, 1.82) is 0 Å². The fourth-order valence-corrected chi connectivity index (χ4v) is 3.32. The standard InChI is InChI=1S/C15H27N3O2/c19-15(16-13-2-1-3-13)17-14-4-7-18(8-5-14)10-12-6-9-20-11-12/h12-14H,1-11H2,(H2,16,17,19)/t12-/m1/s1. The minimum Gasteiger partial charge on any atom is -0.381 e. The van der Waals surface area contributed by atoms with Crippen molar-refractivity contribution in [1.82, 2.24) is 15.5 Å². The predicted molar refractivity (Wildman–Crippen MR) is 77.7 cm³/mol. The zero-order valence-corrected chi connectivity index (χ0v) is 12.3. The van der Waals surface area contributed by atoms with Crippen LogP contribution in [0.25, 0.3) is 0 Å². The molecule has 0 aromatic heterocycles. The summed E-state index contributed by atoms with van der Waals surface area (Å²) in [5, 5.41) is 6.18. The third-order valence-electron chi connectivity index (χ3n) is 4.90. The van der Waals surface area contributed by atoms with E-state index in [-0.39, 0.29) is 6.03 Å². The van der Waals surface area contributed by atoms with E-state index >= 15 is 0 Å². The van der Waals surface area contributed by atoms with Crippen molar-refractivity contribution in [3.63, 3.8) is 0 Å². The molecule has 0 bridgehead atoms. The molecule has 2 heterocycles. The number of urea groups is 1. The van der Waals surface area contributed by atoms with E-state index in [0.717, 1.165) is 57.9 Å². The minimum atomic E-state index is 0.0392. The van der Waals surface area contributed by atoms with Gasteiger partial charge in [-0.3, -0.25) is 0 Å². The number of hydrogen-bond donors (Lipinski definition) is 2. The van der Waals surface area contributed by atoms with Crippen LogP contribution in [0.2, 0.25) is 0 Å². The summed E-state index contributed by atoms with van der Waals surface area (Å²) in [5.74, 6) is 0.724. The molecule has 0 aromatic carbocycles. The van der Waals surface area contributed by atoms with Crippen LogP contribution in [0.4, 0.5) is 4.79 Å². The molecule has 1 aliphatic carbocycles. The van der Waals surface area contributed by atoms with Gasteiger partial charge in [-0.05, 0) is 44.4 Å². The molecule has 0 spiro atoms. The fraction of sp³-hybridized carbons (Fsp3) is 0.933. The average Bonchev–Trinajstić information content (AvgIpc) is 2.89. The SMILES string of the molecule is O=C(NC1CCC1)NC1CCN(C[C@H]2CCOC2)CC1. The normalized spacial score (nSPS) is 29.1. The molecule has 0 unspecified atom stereocenters. The fourth-order valence-electron chi connectivity index (χ4n) is 3.32. The van der Waals surface area contributed by atoms with Crippen LogP contribution in [0, 0.1) is 5.92 Å². The van der Waals surface area contributed by atoms with Crippen molar-refractivity contribution < 1.29 is 9.53 Å². The second-order valence-electron chi connectivity index (χ2n) is 6.55. The van der Waals surface area contributed by atoms with E-state index in [0.29, 0.717) is 12.1 Å². The van der Waals surface area contributed by atoms with E-state index < -0.39 is 0 Å². The zero-order valence-electron chi connectivity index (χ0n) is 12.3. The zero-order chi connectivity index (χ0) is 13.8. The first kappa shape index (κ1) is 14.1. The first-order valence-electron chi connectivity index (χ1n) is 8.17. The second kappa shape index (κ2) is 6.76. The molecule has 3 rings (SSSR count). The van der Waals surface area contributed by atoms with Crippen molar-refractivity contribution >= 4 is 6.03 Å². The summed E-state index contributed by atoms with van der Waals surface area (Å²) in [6, 6.07) is 0.820. The van der Waals surface area contributed by atoms with Crippen LogP contribution >= 0.6 is 0 Å². The number of piperidine rings is 1. The summed E-state index contributed by atoms with van der Waals surface area (Å²) in [6.07, 6.45) is 6.91. The molecule has 3 aliphatic rings. The van der Waals surface area contributed by atoms with Crippen LogP contribution in [0.5, 0.6) is 0 Å². The molecule has 0 aromatic rings. The summed E-state index contributed by atoms with van der Waals surface area (Å²) in [4.78, 5) is 14.4. The van der Waals surface area contributed by atoms with Crippen molar-refractivity contribution in [3.05, 3.63) is 0 Å². The molecule has 5 nitrogen and oxygen atoms in total. The van der Waals surface area contributed by atoms with Gasteiger partial charge in [0.15, 0.2) is 0 Å². The van der Waals surface area contributed by atoms with E-state index in [9.17, 15) is 4.79 Å². The monoisotopic (exact) mass is 281 g/mol. The van der Waals surface area contributed by atoms with Gasteiger partial charge in [-0.15, -0.1) is 0 Å². The molecule has 1 atom stereocenters. The molecule has 2 N–H and O–H groups in total. The van der Waals surface area contributed by atoms with Gasteiger partial charge in [0.25, 0.3) is 0 Å². The summed E-state index contributed by atoms with van der Waals surface area (Å²) >= 11 is 0. The summed E-state index contributed by atoms with van der Waals surface area (Å²) in [5.41, 5.74) is 0. The summed E-state index contributed by atoms with van der Waals surface area (Å²) < 4.78 is 5.43. The molecular weight excluding hydrogens is 254 g/mol. The Morgan fingerprint density at radius 2 is 1.75 bits per heavy atom. The minimum absolute atomic E-state index is 0.0392. The van der Waals surface area contributed by atoms with Crippen molar-refractivity contribution in [3.8, 4) is 0 Å². The number of amides is 2.